The number of nitrogens with one attached hydrogen (secondary N) is 2. The van der Waals surface area contributed by atoms with Crippen molar-refractivity contribution in [1.82, 2.24) is 9.97 Å². The van der Waals surface area contributed by atoms with Gasteiger partial charge < -0.3 is 10.6 Å². The SMILES string of the molecule is Cc1ccc2nc(-c3ccc4nc(-c5ccc(NC(=S)Nc6ccccc6)cc5)sc4c3)sc2c1S(=O)(=O)O. The normalized spacial score (nSPS) is 11.6. The summed E-state index contributed by atoms with van der Waals surface area (Å²) < 4.78 is 35.2. The molecule has 0 aliphatic rings. The van der Waals surface area contributed by atoms with Gasteiger partial charge in [-0.15, -0.1) is 22.7 Å². The van der Waals surface area contributed by atoms with Gasteiger partial charge in [-0.2, -0.15) is 8.42 Å². The number of aromatic nitrogens is 2. The van der Waals surface area contributed by atoms with Gasteiger partial charge in [0.25, 0.3) is 10.1 Å². The number of para-hydroxylation sites is 1. The van der Waals surface area contributed by atoms with Crippen molar-refractivity contribution in [3.63, 3.8) is 0 Å². The molecule has 0 aliphatic heterocycles. The molecule has 0 saturated carbocycles. The quantitative estimate of drug-likeness (QED) is 0.140. The van der Waals surface area contributed by atoms with Gasteiger partial charge >= 0.3 is 0 Å². The summed E-state index contributed by atoms with van der Waals surface area (Å²) in [5, 5.41) is 8.42. The van der Waals surface area contributed by atoms with Crippen molar-refractivity contribution >= 4 is 81.9 Å². The Bertz CT molecular complexity index is 1970. The van der Waals surface area contributed by atoms with Gasteiger partial charge in [-0.1, -0.05) is 24.3 Å². The number of fused-ring (bicyclic) bond motifs is 2. The number of thiocarbonyl (C=S) groups is 1. The molecule has 0 atom stereocenters. The van der Waals surface area contributed by atoms with Crippen LogP contribution in [0.2, 0.25) is 0 Å². The fraction of sp³-hybridized carbons (Fsp3) is 0.0357. The molecule has 7 nitrogen and oxygen atoms in total. The Hall–Kier alpha value is -3.74. The summed E-state index contributed by atoms with van der Waals surface area (Å²) in [6, 6.07) is 27.0. The Labute approximate surface area is 238 Å². The van der Waals surface area contributed by atoms with Crippen molar-refractivity contribution in [2.24, 2.45) is 0 Å². The third kappa shape index (κ3) is 5.27. The lowest BCUT2D eigenvalue weighted by atomic mass is 10.2. The minimum absolute atomic E-state index is 0.0838. The molecule has 0 unspecified atom stereocenters. The van der Waals surface area contributed by atoms with Crippen molar-refractivity contribution in [2.75, 3.05) is 10.6 Å². The van der Waals surface area contributed by atoms with E-state index < -0.39 is 10.1 Å². The van der Waals surface area contributed by atoms with Crippen LogP contribution >= 0.6 is 34.9 Å². The van der Waals surface area contributed by atoms with Crippen molar-refractivity contribution in [3.8, 4) is 21.1 Å². The highest BCUT2D eigenvalue weighted by Crippen LogP contribution is 2.38. The summed E-state index contributed by atoms with van der Waals surface area (Å²) in [7, 11) is -4.37. The van der Waals surface area contributed by atoms with Crippen molar-refractivity contribution in [1.29, 1.82) is 0 Å². The Morgan fingerprint density at radius 1 is 0.795 bits per heavy atom. The first-order valence-electron chi connectivity index (χ1n) is 11.8. The maximum Gasteiger partial charge on any atom is 0.296 e. The summed E-state index contributed by atoms with van der Waals surface area (Å²) in [5.41, 5.74) is 5.51. The van der Waals surface area contributed by atoms with E-state index in [1.165, 1.54) is 11.3 Å². The second-order valence-corrected chi connectivity index (χ2v) is 12.6. The molecule has 3 N–H and O–H groups in total. The van der Waals surface area contributed by atoms with Gasteiger partial charge in [-0.25, -0.2) is 9.97 Å². The molecule has 6 aromatic rings. The Morgan fingerprint density at radius 2 is 1.41 bits per heavy atom. The maximum absolute atomic E-state index is 12.0. The van der Waals surface area contributed by atoms with Crippen molar-refractivity contribution in [2.45, 2.75) is 11.8 Å². The summed E-state index contributed by atoms with van der Waals surface area (Å²) in [6.07, 6.45) is 0. The molecule has 194 valence electrons. The second-order valence-electron chi connectivity index (χ2n) is 8.78. The lowest BCUT2D eigenvalue weighted by Crippen LogP contribution is -2.18. The van der Waals surface area contributed by atoms with Gasteiger partial charge in [-0.05, 0) is 85.4 Å². The molecule has 0 saturated heterocycles. The number of anilines is 2. The third-order valence-corrected chi connectivity index (χ3v) is 9.60. The molecule has 11 heteroatoms. The predicted octanol–water partition coefficient (Wildman–Crippen LogP) is 7.60. The van der Waals surface area contributed by atoms with E-state index in [2.05, 4.69) is 15.6 Å². The summed E-state index contributed by atoms with van der Waals surface area (Å²) >= 11 is 8.23. The Kier molecular flexibility index (Phi) is 6.61. The number of rotatable bonds is 5. The highest BCUT2D eigenvalue weighted by molar-refractivity contribution is 7.86. The van der Waals surface area contributed by atoms with E-state index in [0.29, 0.717) is 25.9 Å². The van der Waals surface area contributed by atoms with Gasteiger partial charge in [0.1, 0.15) is 14.9 Å². The maximum atomic E-state index is 12.0. The first-order chi connectivity index (χ1) is 18.7. The Balaban J connectivity index is 1.25. The zero-order chi connectivity index (χ0) is 27.1. The second kappa shape index (κ2) is 10.1. The van der Waals surface area contributed by atoms with Crippen LogP contribution in [0, 0.1) is 6.92 Å². The van der Waals surface area contributed by atoms with Gasteiger partial charge in [-0.3, -0.25) is 4.55 Å². The van der Waals surface area contributed by atoms with E-state index in [0.717, 1.165) is 37.7 Å². The largest absolute Gasteiger partial charge is 0.332 e. The number of nitrogens with zero attached hydrogens (tertiary/aromatic N) is 2. The number of aryl methyl sites for hydroxylation is 1. The fourth-order valence-corrected chi connectivity index (χ4v) is 7.76. The van der Waals surface area contributed by atoms with Crippen LogP contribution in [0.3, 0.4) is 0 Å². The number of hydrogen-bond donors (Lipinski definition) is 3. The van der Waals surface area contributed by atoms with Crippen LogP contribution in [0.15, 0.2) is 89.8 Å². The molecular weight excluding hydrogens is 569 g/mol. The van der Waals surface area contributed by atoms with Crippen LogP contribution in [0.25, 0.3) is 41.6 Å². The van der Waals surface area contributed by atoms with Crippen molar-refractivity contribution in [3.05, 3.63) is 90.5 Å². The van der Waals surface area contributed by atoms with Crippen LogP contribution in [-0.2, 0) is 10.1 Å². The first kappa shape index (κ1) is 25.5. The lowest BCUT2D eigenvalue weighted by molar-refractivity contribution is 0.483. The molecular formula is C28H20N4O3S4. The smallest absolute Gasteiger partial charge is 0.296 e. The van der Waals surface area contributed by atoms with E-state index in [4.69, 9.17) is 17.2 Å². The van der Waals surface area contributed by atoms with E-state index >= 15 is 0 Å². The van der Waals surface area contributed by atoms with Gasteiger partial charge in [0.2, 0.25) is 0 Å². The summed E-state index contributed by atoms with van der Waals surface area (Å²) in [5.74, 6) is 0. The molecule has 4 aromatic carbocycles. The third-order valence-electron chi connectivity index (χ3n) is 6.02. The molecule has 0 amide bonds. The first-order valence-corrected chi connectivity index (χ1v) is 15.2. The van der Waals surface area contributed by atoms with Crippen LogP contribution in [0.1, 0.15) is 5.56 Å². The number of benzene rings is 4. The summed E-state index contributed by atoms with van der Waals surface area (Å²) in [4.78, 5) is 9.35. The minimum atomic E-state index is -4.37. The van der Waals surface area contributed by atoms with E-state index in [1.54, 1.807) is 30.4 Å². The lowest BCUT2D eigenvalue weighted by Gasteiger charge is -2.10. The van der Waals surface area contributed by atoms with E-state index in [1.807, 2.05) is 72.8 Å². The minimum Gasteiger partial charge on any atom is -0.332 e. The fourth-order valence-electron chi connectivity index (χ4n) is 4.20. The van der Waals surface area contributed by atoms with Crippen LogP contribution in [-0.4, -0.2) is 28.1 Å². The van der Waals surface area contributed by atoms with E-state index in [9.17, 15) is 13.0 Å². The number of hydrogen-bond acceptors (Lipinski definition) is 7. The van der Waals surface area contributed by atoms with Gasteiger partial charge in [0.05, 0.1) is 20.4 Å². The molecule has 0 spiro atoms. The molecule has 0 aliphatic carbocycles. The molecule has 6 rings (SSSR count). The van der Waals surface area contributed by atoms with Gasteiger partial charge in [0, 0.05) is 22.5 Å². The monoisotopic (exact) mass is 588 g/mol. The topological polar surface area (TPSA) is 104 Å². The molecule has 0 radical (unpaired) electrons. The van der Waals surface area contributed by atoms with Gasteiger partial charge in [0.15, 0.2) is 5.11 Å². The molecule has 39 heavy (non-hydrogen) atoms. The molecule has 0 fully saturated rings. The van der Waals surface area contributed by atoms with Crippen LogP contribution < -0.4 is 10.6 Å². The molecule has 2 aromatic heterocycles. The average molecular weight is 589 g/mol. The average Bonchev–Trinajstić information content (AvgIpc) is 3.52. The summed E-state index contributed by atoms with van der Waals surface area (Å²) in [6.45, 7) is 1.66. The number of thiazole rings is 2. The predicted molar refractivity (Wildman–Crippen MR) is 165 cm³/mol. The molecule has 2 heterocycles. The Morgan fingerprint density at radius 3 is 2.13 bits per heavy atom. The highest BCUT2D eigenvalue weighted by Gasteiger charge is 2.21. The zero-order valence-electron chi connectivity index (χ0n) is 20.4. The van der Waals surface area contributed by atoms with Crippen LogP contribution in [0.4, 0.5) is 11.4 Å². The standard InChI is InChI=1S/C28H20N4O3S4/c1-16-7-13-22-24(25(16)39(33,34)35)38-27(32-22)18-10-14-21-23(15-18)37-26(31-21)17-8-11-20(12-9-17)30-28(36)29-19-5-3-2-4-6-19/h2-15H,1H3,(H2,29,30,36)(H,33,34,35). The van der Waals surface area contributed by atoms with E-state index in [-0.39, 0.29) is 4.90 Å². The van der Waals surface area contributed by atoms with Crippen molar-refractivity contribution < 1.29 is 13.0 Å². The molecule has 0 bridgehead atoms. The zero-order valence-corrected chi connectivity index (χ0v) is 23.6. The highest BCUT2D eigenvalue weighted by atomic mass is 32.2. The van der Waals surface area contributed by atoms with Crippen LogP contribution in [0.5, 0.6) is 0 Å².